The third kappa shape index (κ3) is 5.75. The van der Waals surface area contributed by atoms with E-state index >= 15 is 0 Å². The highest BCUT2D eigenvalue weighted by Gasteiger charge is 2.09. The molecule has 2 heteroatoms. The molecule has 0 aliphatic carbocycles. The van der Waals surface area contributed by atoms with Gasteiger partial charge in [-0.25, -0.2) is 0 Å². The molecule has 0 atom stereocenters. The van der Waals surface area contributed by atoms with E-state index in [-0.39, 0.29) is 0 Å². The molecule has 1 heterocycles. The average Bonchev–Trinajstić information content (AvgIpc) is 2.26. The molecule has 1 rings (SSSR count). The second-order valence-corrected chi connectivity index (χ2v) is 4.16. The van der Waals surface area contributed by atoms with Crippen LogP contribution in [0.25, 0.3) is 0 Å². The fourth-order valence-corrected chi connectivity index (χ4v) is 1.79. The Morgan fingerprint density at radius 3 is 2.73 bits per heavy atom. The first-order valence-corrected chi connectivity index (χ1v) is 5.89. The first kappa shape index (κ1) is 12.5. The third-order valence-corrected chi connectivity index (χ3v) is 2.68. The molecular weight excluding hydrogens is 186 g/mol. The van der Waals surface area contributed by atoms with Crippen LogP contribution in [-0.2, 0) is 4.74 Å². The molecule has 0 aromatic heterocycles. The van der Waals surface area contributed by atoms with Crippen molar-refractivity contribution in [1.29, 1.82) is 0 Å². The summed E-state index contributed by atoms with van der Waals surface area (Å²) in [7, 11) is 0. The van der Waals surface area contributed by atoms with Crippen LogP contribution in [0, 0.1) is 0 Å². The minimum atomic E-state index is 0.893. The number of nitrogens with zero attached hydrogens (tertiary/aromatic N) is 1. The van der Waals surface area contributed by atoms with Crippen molar-refractivity contribution < 1.29 is 4.74 Å². The standard InChI is InChI=1S/C13H23NO/c1-3-4-5-6-7-13(2)12-14-8-10-15-11-9-14/h3,7H,1,4-6,8-12H2,2H3/b13-7+. The van der Waals surface area contributed by atoms with Crippen molar-refractivity contribution in [2.24, 2.45) is 0 Å². The van der Waals surface area contributed by atoms with E-state index in [1.54, 1.807) is 0 Å². The molecule has 0 aromatic rings. The number of allylic oxidation sites excluding steroid dienone is 2. The summed E-state index contributed by atoms with van der Waals surface area (Å²) in [4.78, 5) is 2.46. The van der Waals surface area contributed by atoms with Crippen LogP contribution < -0.4 is 0 Å². The van der Waals surface area contributed by atoms with Gasteiger partial charge in [-0.15, -0.1) is 6.58 Å². The normalized spacial score (nSPS) is 19.1. The molecule has 0 bridgehead atoms. The zero-order valence-electron chi connectivity index (χ0n) is 9.87. The van der Waals surface area contributed by atoms with Crippen molar-refractivity contribution in [2.75, 3.05) is 32.8 Å². The van der Waals surface area contributed by atoms with Gasteiger partial charge in [0, 0.05) is 19.6 Å². The van der Waals surface area contributed by atoms with Crippen LogP contribution in [0.15, 0.2) is 24.3 Å². The summed E-state index contributed by atoms with van der Waals surface area (Å²) >= 11 is 0. The lowest BCUT2D eigenvalue weighted by Gasteiger charge is -2.26. The first-order valence-electron chi connectivity index (χ1n) is 5.89. The van der Waals surface area contributed by atoms with E-state index in [0.29, 0.717) is 0 Å². The van der Waals surface area contributed by atoms with Gasteiger partial charge >= 0.3 is 0 Å². The van der Waals surface area contributed by atoms with Gasteiger partial charge in [0.25, 0.3) is 0 Å². The fourth-order valence-electron chi connectivity index (χ4n) is 1.79. The SMILES string of the molecule is C=CCCC/C=C(\C)CN1CCOCC1. The molecule has 0 aromatic carbocycles. The van der Waals surface area contributed by atoms with Crippen LogP contribution in [0.1, 0.15) is 26.2 Å². The number of unbranched alkanes of at least 4 members (excludes halogenated alkanes) is 2. The van der Waals surface area contributed by atoms with Crippen molar-refractivity contribution in [3.05, 3.63) is 24.3 Å². The van der Waals surface area contributed by atoms with Crippen LogP contribution in [0.3, 0.4) is 0 Å². The van der Waals surface area contributed by atoms with Gasteiger partial charge in [-0.2, -0.15) is 0 Å². The smallest absolute Gasteiger partial charge is 0.0594 e. The highest BCUT2D eigenvalue weighted by molar-refractivity contribution is 5.01. The zero-order valence-corrected chi connectivity index (χ0v) is 9.87. The van der Waals surface area contributed by atoms with Crippen molar-refractivity contribution >= 4 is 0 Å². The number of rotatable bonds is 6. The van der Waals surface area contributed by atoms with Crippen LogP contribution in [0.2, 0.25) is 0 Å². The Morgan fingerprint density at radius 1 is 1.33 bits per heavy atom. The predicted octanol–water partition coefficient (Wildman–Crippen LogP) is 2.62. The molecule has 2 nitrogen and oxygen atoms in total. The van der Waals surface area contributed by atoms with Gasteiger partial charge in [-0.1, -0.05) is 17.7 Å². The summed E-state index contributed by atoms with van der Waals surface area (Å²) in [5.74, 6) is 0. The van der Waals surface area contributed by atoms with Crippen molar-refractivity contribution in [1.82, 2.24) is 4.90 Å². The zero-order chi connectivity index (χ0) is 10.9. The van der Waals surface area contributed by atoms with Gasteiger partial charge in [0.15, 0.2) is 0 Å². The van der Waals surface area contributed by atoms with E-state index in [0.717, 1.165) is 39.3 Å². The fraction of sp³-hybridized carbons (Fsp3) is 0.692. The van der Waals surface area contributed by atoms with E-state index in [1.165, 1.54) is 18.4 Å². The minimum absolute atomic E-state index is 0.893. The summed E-state index contributed by atoms with van der Waals surface area (Å²) in [6, 6.07) is 0. The summed E-state index contributed by atoms with van der Waals surface area (Å²) in [6.07, 6.45) is 7.89. The van der Waals surface area contributed by atoms with Gasteiger partial charge in [0.1, 0.15) is 0 Å². The molecule has 1 aliphatic rings. The summed E-state index contributed by atoms with van der Waals surface area (Å²) < 4.78 is 5.32. The van der Waals surface area contributed by atoms with Gasteiger partial charge in [0.05, 0.1) is 13.2 Å². The largest absolute Gasteiger partial charge is 0.379 e. The lowest BCUT2D eigenvalue weighted by Crippen LogP contribution is -2.37. The Kier molecular flexibility index (Phi) is 6.37. The molecule has 1 aliphatic heterocycles. The van der Waals surface area contributed by atoms with E-state index in [4.69, 9.17) is 4.74 Å². The van der Waals surface area contributed by atoms with E-state index in [9.17, 15) is 0 Å². The molecule has 15 heavy (non-hydrogen) atoms. The molecule has 0 N–H and O–H groups in total. The van der Waals surface area contributed by atoms with Crippen LogP contribution in [0.5, 0.6) is 0 Å². The van der Waals surface area contributed by atoms with Crippen LogP contribution in [0.4, 0.5) is 0 Å². The molecular formula is C13H23NO. The average molecular weight is 209 g/mol. The quantitative estimate of drug-likeness (QED) is 0.492. The topological polar surface area (TPSA) is 12.5 Å². The molecule has 0 amide bonds. The highest BCUT2D eigenvalue weighted by Crippen LogP contribution is 2.05. The van der Waals surface area contributed by atoms with E-state index in [1.807, 2.05) is 6.08 Å². The third-order valence-electron chi connectivity index (χ3n) is 2.68. The molecule has 0 spiro atoms. The maximum Gasteiger partial charge on any atom is 0.0594 e. The predicted molar refractivity (Wildman–Crippen MR) is 65.1 cm³/mol. The molecule has 86 valence electrons. The van der Waals surface area contributed by atoms with Crippen molar-refractivity contribution in [3.63, 3.8) is 0 Å². The monoisotopic (exact) mass is 209 g/mol. The van der Waals surface area contributed by atoms with Crippen molar-refractivity contribution in [3.8, 4) is 0 Å². The van der Waals surface area contributed by atoms with Gasteiger partial charge in [-0.3, -0.25) is 4.90 Å². The molecule has 0 unspecified atom stereocenters. The molecule has 1 fully saturated rings. The van der Waals surface area contributed by atoms with Gasteiger partial charge in [-0.05, 0) is 26.2 Å². The van der Waals surface area contributed by atoms with Gasteiger partial charge < -0.3 is 4.74 Å². The van der Waals surface area contributed by atoms with E-state index in [2.05, 4.69) is 24.5 Å². The second kappa shape index (κ2) is 7.66. The molecule has 0 saturated carbocycles. The Labute approximate surface area is 93.6 Å². The number of hydrogen-bond donors (Lipinski definition) is 0. The number of morpholine rings is 1. The highest BCUT2D eigenvalue weighted by atomic mass is 16.5. The maximum absolute atomic E-state index is 5.32. The van der Waals surface area contributed by atoms with Crippen molar-refractivity contribution in [2.45, 2.75) is 26.2 Å². The maximum atomic E-state index is 5.32. The molecule has 0 radical (unpaired) electrons. The summed E-state index contributed by atoms with van der Waals surface area (Å²) in [6.45, 7) is 11.0. The lowest BCUT2D eigenvalue weighted by atomic mass is 10.1. The molecule has 1 saturated heterocycles. The lowest BCUT2D eigenvalue weighted by molar-refractivity contribution is 0.0422. The van der Waals surface area contributed by atoms with Crippen LogP contribution >= 0.6 is 0 Å². The Hall–Kier alpha value is -0.600. The summed E-state index contributed by atoms with van der Waals surface area (Å²) in [5, 5.41) is 0. The Morgan fingerprint density at radius 2 is 2.07 bits per heavy atom. The Balaban J connectivity index is 2.14. The minimum Gasteiger partial charge on any atom is -0.379 e. The van der Waals surface area contributed by atoms with Gasteiger partial charge in [0.2, 0.25) is 0 Å². The Bertz CT molecular complexity index is 205. The number of ether oxygens (including phenoxy) is 1. The van der Waals surface area contributed by atoms with Crippen LogP contribution in [-0.4, -0.2) is 37.7 Å². The number of hydrogen-bond acceptors (Lipinski definition) is 2. The second-order valence-electron chi connectivity index (χ2n) is 4.16. The first-order chi connectivity index (χ1) is 7.33. The van der Waals surface area contributed by atoms with E-state index < -0.39 is 0 Å². The summed E-state index contributed by atoms with van der Waals surface area (Å²) in [5.41, 5.74) is 1.49.